The van der Waals surface area contributed by atoms with Gasteiger partial charge in [0.25, 0.3) is 0 Å². The molecule has 5 nitrogen and oxygen atoms in total. The van der Waals surface area contributed by atoms with Crippen molar-refractivity contribution < 1.29 is 22.8 Å². The van der Waals surface area contributed by atoms with Crippen LogP contribution in [0.5, 0.6) is 0 Å². The monoisotopic (exact) mass is 419 g/mol. The molecule has 1 aliphatic rings. The molecule has 0 aromatic heterocycles. The third-order valence-corrected chi connectivity index (χ3v) is 5.23. The van der Waals surface area contributed by atoms with Crippen molar-refractivity contribution in [1.29, 1.82) is 0 Å². The van der Waals surface area contributed by atoms with Gasteiger partial charge in [-0.1, -0.05) is 36.4 Å². The molecule has 30 heavy (non-hydrogen) atoms. The molecule has 160 valence electrons. The molecule has 2 aromatic carbocycles. The van der Waals surface area contributed by atoms with E-state index in [1.165, 1.54) is 12.1 Å². The zero-order chi connectivity index (χ0) is 21.7. The van der Waals surface area contributed by atoms with Gasteiger partial charge < -0.3 is 10.6 Å². The highest BCUT2D eigenvalue weighted by molar-refractivity contribution is 5.88. The van der Waals surface area contributed by atoms with Crippen molar-refractivity contribution in [1.82, 2.24) is 15.5 Å². The predicted molar refractivity (Wildman–Crippen MR) is 106 cm³/mol. The normalized spacial score (nSPS) is 17.5. The fraction of sp³-hybridized carbons (Fsp3) is 0.364. The second kappa shape index (κ2) is 9.30. The summed E-state index contributed by atoms with van der Waals surface area (Å²) in [5, 5.41) is 5.49. The maximum Gasteiger partial charge on any atom is 0.416 e. The molecule has 0 bridgehead atoms. The fourth-order valence-corrected chi connectivity index (χ4v) is 3.44. The van der Waals surface area contributed by atoms with Crippen LogP contribution in [0.15, 0.2) is 48.5 Å². The number of aryl methyl sites for hydroxylation is 1. The van der Waals surface area contributed by atoms with E-state index in [0.29, 0.717) is 25.2 Å². The maximum absolute atomic E-state index is 12.6. The van der Waals surface area contributed by atoms with Crippen molar-refractivity contribution in [2.24, 2.45) is 0 Å². The zero-order valence-electron chi connectivity index (χ0n) is 16.6. The number of carbonyl (C=O) groups is 2. The van der Waals surface area contributed by atoms with Crippen LogP contribution in [0.3, 0.4) is 0 Å². The van der Waals surface area contributed by atoms with Crippen LogP contribution in [0.25, 0.3) is 0 Å². The first-order valence-electron chi connectivity index (χ1n) is 9.73. The summed E-state index contributed by atoms with van der Waals surface area (Å²) in [6, 6.07) is 12.0. The van der Waals surface area contributed by atoms with Gasteiger partial charge in [-0.15, -0.1) is 0 Å². The highest BCUT2D eigenvalue weighted by atomic mass is 19.4. The summed E-state index contributed by atoms with van der Waals surface area (Å²) in [6.07, 6.45) is -4.41. The number of nitrogens with zero attached hydrogens (tertiary/aromatic N) is 1. The number of piperazine rings is 1. The molecular weight excluding hydrogens is 395 g/mol. The first-order valence-corrected chi connectivity index (χ1v) is 9.73. The molecule has 1 aliphatic heterocycles. The molecule has 1 heterocycles. The van der Waals surface area contributed by atoms with Crippen molar-refractivity contribution in [3.05, 3.63) is 70.8 Å². The van der Waals surface area contributed by atoms with E-state index >= 15 is 0 Å². The Morgan fingerprint density at radius 3 is 2.53 bits per heavy atom. The van der Waals surface area contributed by atoms with Crippen LogP contribution in [-0.4, -0.2) is 35.8 Å². The van der Waals surface area contributed by atoms with E-state index in [1.807, 2.05) is 36.1 Å². The van der Waals surface area contributed by atoms with Crippen LogP contribution < -0.4 is 10.6 Å². The first-order chi connectivity index (χ1) is 14.2. The first kappa shape index (κ1) is 21.8. The summed E-state index contributed by atoms with van der Waals surface area (Å²) in [7, 11) is 0. The summed E-state index contributed by atoms with van der Waals surface area (Å²) in [6.45, 7) is 3.83. The SMILES string of the molecule is Cc1ccccc1CN1CCNC(=O)[C@@H]1CC(=O)NCc1ccc(C(F)(F)F)cc1. The number of amides is 2. The Morgan fingerprint density at radius 1 is 1.17 bits per heavy atom. The third kappa shape index (κ3) is 5.60. The van der Waals surface area contributed by atoms with Crippen LogP contribution in [0.4, 0.5) is 13.2 Å². The lowest BCUT2D eigenvalue weighted by Gasteiger charge is -2.35. The molecule has 1 fully saturated rings. The van der Waals surface area contributed by atoms with Gasteiger partial charge in [0.1, 0.15) is 0 Å². The average molecular weight is 419 g/mol. The highest BCUT2D eigenvalue weighted by Gasteiger charge is 2.32. The Kier molecular flexibility index (Phi) is 6.77. The number of alkyl halides is 3. The molecule has 3 rings (SSSR count). The lowest BCUT2D eigenvalue weighted by Crippen LogP contribution is -2.56. The van der Waals surface area contributed by atoms with Crippen LogP contribution in [0.2, 0.25) is 0 Å². The van der Waals surface area contributed by atoms with Gasteiger partial charge in [-0.25, -0.2) is 0 Å². The lowest BCUT2D eigenvalue weighted by atomic mass is 10.0. The van der Waals surface area contributed by atoms with Crippen LogP contribution in [0, 0.1) is 6.92 Å². The molecule has 0 saturated carbocycles. The van der Waals surface area contributed by atoms with E-state index < -0.39 is 17.8 Å². The van der Waals surface area contributed by atoms with Crippen LogP contribution in [0.1, 0.15) is 28.7 Å². The largest absolute Gasteiger partial charge is 0.416 e. The molecule has 1 atom stereocenters. The number of hydrogen-bond acceptors (Lipinski definition) is 3. The number of benzene rings is 2. The molecule has 0 radical (unpaired) electrons. The smallest absolute Gasteiger partial charge is 0.353 e. The second-order valence-corrected chi connectivity index (χ2v) is 7.38. The summed E-state index contributed by atoms with van der Waals surface area (Å²) < 4.78 is 37.9. The van der Waals surface area contributed by atoms with E-state index in [9.17, 15) is 22.8 Å². The fourth-order valence-electron chi connectivity index (χ4n) is 3.44. The van der Waals surface area contributed by atoms with Gasteiger partial charge in [-0.05, 0) is 35.7 Å². The Labute approximate surface area is 173 Å². The van der Waals surface area contributed by atoms with Gasteiger partial charge in [-0.3, -0.25) is 14.5 Å². The molecule has 2 aromatic rings. The van der Waals surface area contributed by atoms with Crippen molar-refractivity contribution in [3.63, 3.8) is 0 Å². The average Bonchev–Trinajstić information content (AvgIpc) is 2.70. The third-order valence-electron chi connectivity index (χ3n) is 5.23. The number of nitrogens with one attached hydrogen (secondary N) is 2. The maximum atomic E-state index is 12.6. The van der Waals surface area contributed by atoms with Crippen molar-refractivity contribution in [2.45, 2.75) is 38.7 Å². The van der Waals surface area contributed by atoms with Gasteiger partial charge in [-0.2, -0.15) is 13.2 Å². The number of carbonyl (C=O) groups excluding carboxylic acids is 2. The minimum Gasteiger partial charge on any atom is -0.353 e. The molecule has 8 heteroatoms. The second-order valence-electron chi connectivity index (χ2n) is 7.38. The Morgan fingerprint density at radius 2 is 1.87 bits per heavy atom. The molecule has 0 aliphatic carbocycles. The van der Waals surface area contributed by atoms with E-state index in [0.717, 1.165) is 23.3 Å². The summed E-state index contributed by atoms with van der Waals surface area (Å²) in [5.41, 5.74) is 2.04. The molecule has 0 unspecified atom stereocenters. The summed E-state index contributed by atoms with van der Waals surface area (Å²) in [5.74, 6) is -0.522. The van der Waals surface area contributed by atoms with Gasteiger partial charge in [0, 0.05) is 26.2 Å². The van der Waals surface area contributed by atoms with Gasteiger partial charge in [0.15, 0.2) is 0 Å². The number of hydrogen-bond donors (Lipinski definition) is 2. The van der Waals surface area contributed by atoms with E-state index in [-0.39, 0.29) is 24.8 Å². The Bertz CT molecular complexity index is 897. The minimum absolute atomic E-state index is 0.0155. The van der Waals surface area contributed by atoms with E-state index in [1.54, 1.807) is 0 Å². The van der Waals surface area contributed by atoms with Gasteiger partial charge >= 0.3 is 6.18 Å². The quantitative estimate of drug-likeness (QED) is 0.757. The molecule has 2 N–H and O–H groups in total. The Hall–Kier alpha value is -2.87. The number of halogens is 3. The van der Waals surface area contributed by atoms with Crippen LogP contribution in [-0.2, 0) is 28.9 Å². The van der Waals surface area contributed by atoms with Gasteiger partial charge in [0.05, 0.1) is 18.0 Å². The van der Waals surface area contributed by atoms with Crippen molar-refractivity contribution in [3.8, 4) is 0 Å². The Balaban J connectivity index is 1.59. The topological polar surface area (TPSA) is 61.4 Å². The minimum atomic E-state index is -4.39. The number of rotatable bonds is 6. The molecule has 2 amide bonds. The lowest BCUT2D eigenvalue weighted by molar-refractivity contribution is -0.137. The van der Waals surface area contributed by atoms with Crippen LogP contribution >= 0.6 is 0 Å². The highest BCUT2D eigenvalue weighted by Crippen LogP contribution is 2.29. The van der Waals surface area contributed by atoms with Crippen molar-refractivity contribution in [2.75, 3.05) is 13.1 Å². The predicted octanol–water partition coefficient (Wildman–Crippen LogP) is 3.02. The summed E-state index contributed by atoms with van der Waals surface area (Å²) >= 11 is 0. The zero-order valence-corrected chi connectivity index (χ0v) is 16.6. The van der Waals surface area contributed by atoms with E-state index in [4.69, 9.17) is 0 Å². The standard InChI is InChI=1S/C22H24F3N3O2/c1-15-4-2-3-5-17(15)14-28-11-10-26-21(30)19(28)12-20(29)27-13-16-6-8-18(9-7-16)22(23,24)25/h2-9,19H,10-14H2,1H3,(H,26,30)(H,27,29)/t19-/m0/s1. The molecule has 0 spiro atoms. The molecular formula is C22H24F3N3O2. The van der Waals surface area contributed by atoms with Gasteiger partial charge in [0.2, 0.25) is 11.8 Å². The van der Waals surface area contributed by atoms with Crippen molar-refractivity contribution >= 4 is 11.8 Å². The summed E-state index contributed by atoms with van der Waals surface area (Å²) in [4.78, 5) is 26.8. The molecule has 1 saturated heterocycles. The van der Waals surface area contributed by atoms with E-state index in [2.05, 4.69) is 10.6 Å².